The molecule has 4 aromatic rings. The molecule has 0 aliphatic carbocycles. The van der Waals surface area contributed by atoms with Crippen molar-refractivity contribution < 1.29 is 18.7 Å². The minimum Gasteiger partial charge on any atom is -0.497 e. The van der Waals surface area contributed by atoms with Gasteiger partial charge in [-0.1, -0.05) is 42.3 Å². The van der Waals surface area contributed by atoms with Gasteiger partial charge in [0.2, 0.25) is 11.2 Å². The number of nitrogens with one attached hydrogen (secondary N) is 1. The molecule has 1 atom stereocenters. The maximum Gasteiger partial charge on any atom is 0.265 e. The number of halogens is 2. The van der Waals surface area contributed by atoms with Crippen LogP contribution in [0, 0.1) is 0 Å². The molecule has 1 aromatic heterocycles. The maximum absolute atomic E-state index is 13.4. The van der Waals surface area contributed by atoms with Gasteiger partial charge in [-0.3, -0.25) is 9.59 Å². The number of hydrogen-bond donors (Lipinski definition) is 1. The van der Waals surface area contributed by atoms with Crippen molar-refractivity contribution >= 4 is 45.8 Å². The zero-order chi connectivity index (χ0) is 24.2. The third-order valence-corrected chi connectivity index (χ3v) is 5.77. The molecule has 0 spiro atoms. The topological polar surface area (TPSA) is 77.8 Å². The Bertz CT molecular complexity index is 1400. The van der Waals surface area contributed by atoms with E-state index in [0.29, 0.717) is 44.4 Å². The maximum atomic E-state index is 13.4. The molecule has 0 saturated heterocycles. The highest BCUT2D eigenvalue weighted by Gasteiger charge is 2.25. The molecule has 0 fully saturated rings. The first-order valence-electron chi connectivity index (χ1n) is 10.5. The minimum absolute atomic E-state index is 0.0481. The van der Waals surface area contributed by atoms with E-state index in [-0.39, 0.29) is 16.9 Å². The van der Waals surface area contributed by atoms with Gasteiger partial charge in [-0.2, -0.15) is 0 Å². The van der Waals surface area contributed by atoms with E-state index in [0.717, 1.165) is 0 Å². The normalized spacial score (nSPS) is 11.8. The molecule has 0 saturated carbocycles. The highest BCUT2D eigenvalue weighted by Crippen LogP contribution is 2.33. The van der Waals surface area contributed by atoms with Gasteiger partial charge in [0.15, 0.2) is 11.9 Å². The molecule has 1 heterocycles. The summed E-state index contributed by atoms with van der Waals surface area (Å²) < 4.78 is 17.3. The van der Waals surface area contributed by atoms with Crippen LogP contribution in [0.2, 0.25) is 10.0 Å². The largest absolute Gasteiger partial charge is 0.497 e. The van der Waals surface area contributed by atoms with Gasteiger partial charge in [-0.15, -0.1) is 0 Å². The molecular weight excluding hydrogens is 477 g/mol. The summed E-state index contributed by atoms with van der Waals surface area (Å²) in [5.41, 5.74) is 1.04. The lowest BCUT2D eigenvalue weighted by Gasteiger charge is -2.19. The van der Waals surface area contributed by atoms with E-state index in [1.54, 1.807) is 74.7 Å². The predicted molar refractivity (Wildman–Crippen MR) is 134 cm³/mol. The number of para-hydroxylation sites is 1. The number of ether oxygens (including phenoxy) is 2. The molecule has 6 nitrogen and oxygen atoms in total. The summed E-state index contributed by atoms with van der Waals surface area (Å²) in [5.74, 6) is 0.371. The second-order valence-corrected chi connectivity index (χ2v) is 8.29. The van der Waals surface area contributed by atoms with Crippen LogP contribution in [0.4, 0.5) is 5.69 Å². The van der Waals surface area contributed by atoms with Gasteiger partial charge in [0.1, 0.15) is 11.3 Å². The Morgan fingerprint density at radius 2 is 1.79 bits per heavy atom. The second kappa shape index (κ2) is 10.2. The molecule has 0 aliphatic heterocycles. The van der Waals surface area contributed by atoms with Crippen molar-refractivity contribution in [2.45, 2.75) is 19.4 Å². The number of benzene rings is 3. The van der Waals surface area contributed by atoms with Crippen molar-refractivity contribution in [1.29, 1.82) is 0 Å². The third kappa shape index (κ3) is 4.88. The van der Waals surface area contributed by atoms with Crippen molar-refractivity contribution in [3.05, 3.63) is 87.0 Å². The molecule has 0 aliphatic rings. The minimum atomic E-state index is -0.979. The fourth-order valence-electron chi connectivity index (χ4n) is 3.43. The highest BCUT2D eigenvalue weighted by molar-refractivity contribution is 6.36. The first kappa shape index (κ1) is 23.7. The van der Waals surface area contributed by atoms with Crippen LogP contribution in [0.25, 0.3) is 22.3 Å². The van der Waals surface area contributed by atoms with Crippen LogP contribution in [0.15, 0.2) is 75.9 Å². The summed E-state index contributed by atoms with van der Waals surface area (Å²) in [5, 5.41) is 3.83. The zero-order valence-electron chi connectivity index (χ0n) is 18.4. The quantitative estimate of drug-likeness (QED) is 0.312. The first-order chi connectivity index (χ1) is 16.4. The number of carbonyl (C=O) groups is 1. The van der Waals surface area contributed by atoms with Gasteiger partial charge >= 0.3 is 0 Å². The van der Waals surface area contributed by atoms with Crippen molar-refractivity contribution in [2.75, 3.05) is 12.4 Å². The Labute approximate surface area is 206 Å². The molecule has 8 heteroatoms. The number of anilines is 1. The molecule has 0 radical (unpaired) electrons. The van der Waals surface area contributed by atoms with Crippen molar-refractivity contribution in [3.63, 3.8) is 0 Å². The molecular formula is C26H21Cl2NO5. The molecule has 1 amide bonds. The Morgan fingerprint density at radius 1 is 1.06 bits per heavy atom. The van der Waals surface area contributed by atoms with E-state index in [4.69, 9.17) is 37.1 Å². The number of carbonyl (C=O) groups excluding carboxylic acids is 1. The highest BCUT2D eigenvalue weighted by atomic mass is 35.5. The number of rotatable bonds is 7. The van der Waals surface area contributed by atoms with Gasteiger partial charge in [0, 0.05) is 10.6 Å². The van der Waals surface area contributed by atoms with Crippen LogP contribution in [-0.4, -0.2) is 19.1 Å². The fraction of sp³-hybridized carbons (Fsp3) is 0.154. The van der Waals surface area contributed by atoms with E-state index in [9.17, 15) is 9.59 Å². The number of methoxy groups -OCH3 is 1. The molecule has 4 rings (SSSR count). The summed E-state index contributed by atoms with van der Waals surface area (Å²) in [6.45, 7) is 1.78. The predicted octanol–water partition coefficient (Wildman–Crippen LogP) is 6.57. The Hall–Kier alpha value is -3.48. The van der Waals surface area contributed by atoms with Crippen molar-refractivity contribution in [1.82, 2.24) is 0 Å². The summed E-state index contributed by atoms with van der Waals surface area (Å²) in [4.78, 5) is 26.4. The van der Waals surface area contributed by atoms with Crippen LogP contribution in [-0.2, 0) is 4.79 Å². The van der Waals surface area contributed by atoms with E-state index in [2.05, 4.69) is 5.32 Å². The molecule has 1 unspecified atom stereocenters. The summed E-state index contributed by atoms with van der Waals surface area (Å²) >= 11 is 12.1. The standard InChI is InChI=1S/C26H21Cl2NO5/c1-3-21(26(31)29-20-13-10-16(27)14-19(20)28)33-25-23(30)18-6-4-5-7-22(18)34-24(25)15-8-11-17(32-2)12-9-15/h4-14,21H,3H2,1-2H3,(H,29,31). The average molecular weight is 498 g/mol. The Kier molecular flexibility index (Phi) is 7.10. The number of hydrogen-bond acceptors (Lipinski definition) is 5. The Morgan fingerprint density at radius 3 is 2.47 bits per heavy atom. The molecule has 174 valence electrons. The number of amides is 1. The van der Waals surface area contributed by atoms with Gasteiger partial charge in [-0.05, 0) is 61.0 Å². The fourth-order valence-corrected chi connectivity index (χ4v) is 3.89. The van der Waals surface area contributed by atoms with Crippen molar-refractivity contribution in [3.8, 4) is 22.8 Å². The summed E-state index contributed by atoms with van der Waals surface area (Å²) in [6.07, 6.45) is -0.682. The van der Waals surface area contributed by atoms with Crippen LogP contribution >= 0.6 is 23.2 Å². The van der Waals surface area contributed by atoms with Crippen LogP contribution in [0.1, 0.15) is 13.3 Å². The van der Waals surface area contributed by atoms with Gasteiger partial charge in [-0.25, -0.2) is 0 Å². The van der Waals surface area contributed by atoms with Crippen LogP contribution in [0.5, 0.6) is 11.5 Å². The van der Waals surface area contributed by atoms with Crippen LogP contribution < -0.4 is 20.2 Å². The summed E-state index contributed by atoms with van der Waals surface area (Å²) in [6, 6.07) is 18.6. The lowest BCUT2D eigenvalue weighted by Crippen LogP contribution is -2.34. The van der Waals surface area contributed by atoms with E-state index in [1.165, 1.54) is 6.07 Å². The SMILES string of the molecule is CCC(Oc1c(-c2ccc(OC)cc2)oc2ccccc2c1=O)C(=O)Nc1ccc(Cl)cc1Cl. The Balaban J connectivity index is 1.74. The van der Waals surface area contributed by atoms with Crippen molar-refractivity contribution in [2.24, 2.45) is 0 Å². The molecule has 1 N–H and O–H groups in total. The zero-order valence-corrected chi connectivity index (χ0v) is 19.9. The molecule has 0 bridgehead atoms. The van der Waals surface area contributed by atoms with E-state index < -0.39 is 12.0 Å². The molecule has 3 aromatic carbocycles. The average Bonchev–Trinajstić information content (AvgIpc) is 2.85. The monoisotopic (exact) mass is 497 g/mol. The van der Waals surface area contributed by atoms with Gasteiger partial charge < -0.3 is 19.2 Å². The van der Waals surface area contributed by atoms with E-state index >= 15 is 0 Å². The second-order valence-electron chi connectivity index (χ2n) is 7.44. The lowest BCUT2D eigenvalue weighted by atomic mass is 10.1. The number of fused-ring (bicyclic) bond motifs is 1. The summed E-state index contributed by atoms with van der Waals surface area (Å²) in [7, 11) is 1.57. The first-order valence-corrected chi connectivity index (χ1v) is 11.3. The third-order valence-electron chi connectivity index (χ3n) is 5.22. The lowest BCUT2D eigenvalue weighted by molar-refractivity contribution is -0.122. The van der Waals surface area contributed by atoms with Crippen LogP contribution in [0.3, 0.4) is 0 Å². The van der Waals surface area contributed by atoms with Gasteiger partial charge in [0.05, 0.1) is 23.2 Å². The molecule has 34 heavy (non-hydrogen) atoms. The smallest absolute Gasteiger partial charge is 0.265 e. The van der Waals surface area contributed by atoms with E-state index in [1.807, 2.05) is 0 Å². The van der Waals surface area contributed by atoms with Gasteiger partial charge in [0.25, 0.3) is 5.91 Å².